The van der Waals surface area contributed by atoms with Crippen molar-refractivity contribution in [3.63, 3.8) is 0 Å². The predicted octanol–water partition coefficient (Wildman–Crippen LogP) is 5.44. The summed E-state index contributed by atoms with van der Waals surface area (Å²) in [6.45, 7) is 4.18. The first-order chi connectivity index (χ1) is 11.6. The van der Waals surface area contributed by atoms with Crippen LogP contribution in [0.2, 0.25) is 0 Å². The third-order valence-corrected chi connectivity index (χ3v) is 4.05. The molecule has 0 bridgehead atoms. The van der Waals surface area contributed by atoms with Gasteiger partial charge in [-0.1, -0.05) is 54.6 Å². The molecule has 24 heavy (non-hydrogen) atoms. The van der Waals surface area contributed by atoms with Crippen molar-refractivity contribution in [2.75, 3.05) is 0 Å². The minimum Gasteiger partial charge on any atom is -0.489 e. The van der Waals surface area contributed by atoms with Crippen molar-refractivity contribution in [3.05, 3.63) is 89.5 Å². The lowest BCUT2D eigenvalue weighted by molar-refractivity contribution is 0.101. The normalized spacial score (nSPS) is 10.4. The van der Waals surface area contributed by atoms with Crippen molar-refractivity contribution < 1.29 is 9.53 Å². The summed E-state index contributed by atoms with van der Waals surface area (Å²) in [5, 5.41) is 0. The summed E-state index contributed by atoms with van der Waals surface area (Å²) in [6.07, 6.45) is 0. The standard InChI is InChI=1S/C22H20O2/c1-16-14-20(17(2)23)10-13-22(16)19-8-11-21(12-9-19)24-15-18-6-4-3-5-7-18/h3-14H,15H2,1-2H3. The van der Waals surface area contributed by atoms with Crippen LogP contribution in [0.1, 0.15) is 28.4 Å². The van der Waals surface area contributed by atoms with Crippen molar-refractivity contribution in [3.8, 4) is 16.9 Å². The van der Waals surface area contributed by atoms with E-state index >= 15 is 0 Å². The van der Waals surface area contributed by atoms with Gasteiger partial charge in [-0.25, -0.2) is 0 Å². The predicted molar refractivity (Wildman–Crippen MR) is 97.4 cm³/mol. The van der Waals surface area contributed by atoms with Crippen molar-refractivity contribution in [2.45, 2.75) is 20.5 Å². The number of carbonyl (C=O) groups is 1. The number of rotatable bonds is 5. The van der Waals surface area contributed by atoms with Crippen molar-refractivity contribution in [1.82, 2.24) is 0 Å². The van der Waals surface area contributed by atoms with Crippen LogP contribution >= 0.6 is 0 Å². The molecule has 0 amide bonds. The van der Waals surface area contributed by atoms with Gasteiger partial charge in [0.15, 0.2) is 5.78 Å². The third-order valence-electron chi connectivity index (χ3n) is 4.05. The number of hydrogen-bond acceptors (Lipinski definition) is 2. The third kappa shape index (κ3) is 3.72. The summed E-state index contributed by atoms with van der Waals surface area (Å²) < 4.78 is 5.82. The largest absolute Gasteiger partial charge is 0.489 e. The van der Waals surface area contributed by atoms with Crippen LogP contribution in [-0.4, -0.2) is 5.78 Å². The molecule has 0 spiro atoms. The number of ether oxygens (including phenoxy) is 1. The quantitative estimate of drug-likeness (QED) is 0.586. The van der Waals surface area contributed by atoms with Crippen LogP contribution in [-0.2, 0) is 6.61 Å². The highest BCUT2D eigenvalue weighted by atomic mass is 16.5. The molecule has 0 unspecified atom stereocenters. The van der Waals surface area contributed by atoms with E-state index in [1.54, 1.807) is 6.92 Å². The van der Waals surface area contributed by atoms with E-state index in [0.29, 0.717) is 6.61 Å². The fourth-order valence-electron chi connectivity index (χ4n) is 2.68. The van der Waals surface area contributed by atoms with Gasteiger partial charge in [-0.15, -0.1) is 0 Å². The van der Waals surface area contributed by atoms with Crippen LogP contribution < -0.4 is 4.74 Å². The molecule has 0 aliphatic carbocycles. The van der Waals surface area contributed by atoms with Gasteiger partial charge in [0, 0.05) is 5.56 Å². The Morgan fingerprint density at radius 1 is 0.917 bits per heavy atom. The minimum absolute atomic E-state index is 0.0920. The van der Waals surface area contributed by atoms with Gasteiger partial charge in [0.1, 0.15) is 12.4 Å². The first kappa shape index (κ1) is 16.0. The Bertz CT molecular complexity index is 834. The second-order valence-corrected chi connectivity index (χ2v) is 5.88. The number of Topliss-reactive ketones (excluding diaryl/α,β-unsaturated/α-hetero) is 1. The first-order valence-corrected chi connectivity index (χ1v) is 8.02. The molecule has 0 heterocycles. The monoisotopic (exact) mass is 316 g/mol. The highest BCUT2D eigenvalue weighted by Gasteiger charge is 2.06. The highest BCUT2D eigenvalue weighted by Crippen LogP contribution is 2.26. The number of benzene rings is 3. The molecule has 0 aromatic heterocycles. The topological polar surface area (TPSA) is 26.3 Å². The molecule has 3 aromatic carbocycles. The summed E-state index contributed by atoms with van der Waals surface area (Å²) in [5.41, 5.74) is 5.25. The van der Waals surface area contributed by atoms with Gasteiger partial charge in [0.2, 0.25) is 0 Å². The average molecular weight is 316 g/mol. The second kappa shape index (κ2) is 7.14. The molecule has 0 atom stereocenters. The molecular weight excluding hydrogens is 296 g/mol. The molecule has 2 nitrogen and oxygen atoms in total. The highest BCUT2D eigenvalue weighted by molar-refractivity contribution is 5.95. The lowest BCUT2D eigenvalue weighted by atomic mass is 9.97. The number of aryl methyl sites for hydroxylation is 1. The Hall–Kier alpha value is -2.87. The van der Waals surface area contributed by atoms with E-state index in [2.05, 4.69) is 12.1 Å². The molecule has 2 heteroatoms. The lowest BCUT2D eigenvalue weighted by Gasteiger charge is -2.10. The van der Waals surface area contributed by atoms with Crippen LogP contribution in [0.15, 0.2) is 72.8 Å². The molecule has 0 aliphatic rings. The first-order valence-electron chi connectivity index (χ1n) is 8.02. The van der Waals surface area contributed by atoms with Crippen LogP contribution in [0.5, 0.6) is 5.75 Å². The van der Waals surface area contributed by atoms with Gasteiger partial charge in [0.25, 0.3) is 0 Å². The number of carbonyl (C=O) groups excluding carboxylic acids is 1. The van der Waals surface area contributed by atoms with E-state index in [0.717, 1.165) is 33.6 Å². The molecule has 0 N–H and O–H groups in total. The molecule has 3 rings (SSSR count). The molecule has 0 radical (unpaired) electrons. The molecular formula is C22H20O2. The molecule has 0 saturated carbocycles. The molecule has 0 saturated heterocycles. The Kier molecular flexibility index (Phi) is 4.76. The van der Waals surface area contributed by atoms with Gasteiger partial charge < -0.3 is 4.74 Å². The maximum absolute atomic E-state index is 11.5. The van der Waals surface area contributed by atoms with Gasteiger partial charge in [-0.2, -0.15) is 0 Å². The van der Waals surface area contributed by atoms with Crippen molar-refractivity contribution >= 4 is 5.78 Å². The zero-order chi connectivity index (χ0) is 16.9. The van der Waals surface area contributed by atoms with Crippen molar-refractivity contribution in [2.24, 2.45) is 0 Å². The summed E-state index contributed by atoms with van der Waals surface area (Å²) in [5.74, 6) is 0.940. The molecule has 120 valence electrons. The van der Waals surface area contributed by atoms with E-state index in [1.807, 2.05) is 67.6 Å². The van der Waals surface area contributed by atoms with E-state index in [9.17, 15) is 4.79 Å². The lowest BCUT2D eigenvalue weighted by Crippen LogP contribution is -1.95. The minimum atomic E-state index is 0.0920. The van der Waals surface area contributed by atoms with E-state index < -0.39 is 0 Å². The van der Waals surface area contributed by atoms with Crippen LogP contribution in [0.25, 0.3) is 11.1 Å². The van der Waals surface area contributed by atoms with Crippen molar-refractivity contribution in [1.29, 1.82) is 0 Å². The van der Waals surface area contributed by atoms with Crippen LogP contribution in [0.4, 0.5) is 0 Å². The van der Waals surface area contributed by atoms with Gasteiger partial charge in [0.05, 0.1) is 0 Å². The molecule has 0 aliphatic heterocycles. The average Bonchev–Trinajstić information content (AvgIpc) is 2.61. The maximum Gasteiger partial charge on any atom is 0.159 e. The summed E-state index contributed by atoms with van der Waals surface area (Å²) in [4.78, 5) is 11.5. The Morgan fingerprint density at radius 3 is 2.25 bits per heavy atom. The Balaban J connectivity index is 1.73. The van der Waals surface area contributed by atoms with Crippen LogP contribution in [0.3, 0.4) is 0 Å². The van der Waals surface area contributed by atoms with E-state index in [-0.39, 0.29) is 5.78 Å². The van der Waals surface area contributed by atoms with Gasteiger partial charge in [-0.05, 0) is 54.3 Å². The molecule has 3 aromatic rings. The number of ketones is 1. The molecule has 0 fully saturated rings. The maximum atomic E-state index is 11.5. The number of hydrogen-bond donors (Lipinski definition) is 0. The van der Waals surface area contributed by atoms with Gasteiger partial charge >= 0.3 is 0 Å². The zero-order valence-corrected chi connectivity index (χ0v) is 14.0. The summed E-state index contributed by atoms with van der Waals surface area (Å²) in [7, 11) is 0. The fraction of sp³-hybridized carbons (Fsp3) is 0.136. The summed E-state index contributed by atoms with van der Waals surface area (Å²) in [6, 6.07) is 24.0. The zero-order valence-electron chi connectivity index (χ0n) is 14.0. The van der Waals surface area contributed by atoms with E-state index in [4.69, 9.17) is 4.74 Å². The fourth-order valence-corrected chi connectivity index (χ4v) is 2.68. The smallest absolute Gasteiger partial charge is 0.159 e. The van der Waals surface area contributed by atoms with Crippen LogP contribution in [0, 0.1) is 6.92 Å². The Labute approximate surface area is 142 Å². The SMILES string of the molecule is CC(=O)c1ccc(-c2ccc(OCc3ccccc3)cc2)c(C)c1. The second-order valence-electron chi connectivity index (χ2n) is 5.88. The summed E-state index contributed by atoms with van der Waals surface area (Å²) >= 11 is 0. The van der Waals surface area contributed by atoms with Gasteiger partial charge in [-0.3, -0.25) is 4.79 Å². The Morgan fingerprint density at radius 2 is 1.62 bits per heavy atom. The van der Waals surface area contributed by atoms with E-state index in [1.165, 1.54) is 0 Å².